The first kappa shape index (κ1) is 20.8. The first-order chi connectivity index (χ1) is 15.1. The number of carbonyl (C=O) groups excluding carboxylic acids is 2. The highest BCUT2D eigenvalue weighted by Gasteiger charge is 2.55. The third-order valence-corrected chi connectivity index (χ3v) is 8.34. The number of likely N-dealkylation sites (tertiary alicyclic amines) is 1. The summed E-state index contributed by atoms with van der Waals surface area (Å²) < 4.78 is 0. The average molecular weight is 425 g/mol. The van der Waals surface area contributed by atoms with Gasteiger partial charge in [0.05, 0.1) is 5.56 Å². The molecule has 3 saturated carbocycles. The molecule has 2 aliphatic heterocycles. The molecule has 0 radical (unpaired) electrons. The highest BCUT2D eigenvalue weighted by molar-refractivity contribution is 6.02. The van der Waals surface area contributed by atoms with Crippen LogP contribution in [0, 0.1) is 17.8 Å². The summed E-state index contributed by atoms with van der Waals surface area (Å²) in [6.45, 7) is 5.37. The van der Waals surface area contributed by atoms with E-state index >= 15 is 0 Å². The topological polar surface area (TPSA) is 73.5 Å². The molecular weight excluding hydrogens is 388 g/mol. The molecule has 31 heavy (non-hydrogen) atoms. The normalized spacial score (nSPS) is 34.7. The highest BCUT2D eigenvalue weighted by atomic mass is 16.2. The number of carbonyl (C=O) groups is 2. The van der Waals surface area contributed by atoms with E-state index in [-0.39, 0.29) is 17.7 Å². The second-order valence-electron chi connectivity index (χ2n) is 10.2. The number of anilines is 1. The summed E-state index contributed by atoms with van der Waals surface area (Å²) in [5.41, 5.74) is 1.24. The van der Waals surface area contributed by atoms with Crippen molar-refractivity contribution in [1.82, 2.24) is 15.5 Å². The van der Waals surface area contributed by atoms with Crippen LogP contribution in [-0.2, 0) is 4.79 Å². The van der Waals surface area contributed by atoms with E-state index < -0.39 is 5.66 Å². The molecule has 1 spiro atoms. The zero-order valence-corrected chi connectivity index (χ0v) is 18.7. The molecule has 2 amide bonds. The van der Waals surface area contributed by atoms with Gasteiger partial charge in [-0.05, 0) is 76.5 Å². The SMILES string of the molecule is CC1CCCCN1CCCNC(=O)C1CC2CCC1C[C@@]21NC(=O)c2ccccc2N1. The number of hydrogen-bond acceptors (Lipinski definition) is 4. The van der Waals surface area contributed by atoms with Gasteiger partial charge >= 0.3 is 0 Å². The molecule has 3 N–H and O–H groups in total. The van der Waals surface area contributed by atoms with Gasteiger partial charge in [0, 0.05) is 36.7 Å². The van der Waals surface area contributed by atoms with E-state index in [9.17, 15) is 9.59 Å². The highest BCUT2D eigenvalue weighted by Crippen LogP contribution is 2.51. The van der Waals surface area contributed by atoms with Crippen molar-refractivity contribution in [2.45, 2.75) is 70.0 Å². The smallest absolute Gasteiger partial charge is 0.255 e. The number of amides is 2. The molecule has 3 aliphatic carbocycles. The molecule has 4 fully saturated rings. The molecule has 6 rings (SSSR count). The summed E-state index contributed by atoms with van der Waals surface area (Å²) in [4.78, 5) is 28.3. The number of rotatable bonds is 5. The molecule has 0 aromatic heterocycles. The fraction of sp³-hybridized carbons (Fsp3) is 0.680. The van der Waals surface area contributed by atoms with Crippen molar-refractivity contribution in [1.29, 1.82) is 0 Å². The fourth-order valence-corrected chi connectivity index (χ4v) is 6.58. The number of nitrogens with one attached hydrogen (secondary N) is 3. The summed E-state index contributed by atoms with van der Waals surface area (Å²) >= 11 is 0. The lowest BCUT2D eigenvalue weighted by molar-refractivity contribution is -0.132. The quantitative estimate of drug-likeness (QED) is 0.634. The van der Waals surface area contributed by atoms with Crippen molar-refractivity contribution in [3.8, 4) is 0 Å². The predicted molar refractivity (Wildman–Crippen MR) is 122 cm³/mol. The van der Waals surface area contributed by atoms with Crippen LogP contribution in [0.3, 0.4) is 0 Å². The van der Waals surface area contributed by atoms with E-state index in [4.69, 9.17) is 0 Å². The Bertz CT molecular complexity index is 843. The second kappa shape index (κ2) is 8.45. The van der Waals surface area contributed by atoms with Gasteiger partial charge < -0.3 is 20.9 Å². The average Bonchev–Trinajstić information content (AvgIpc) is 2.78. The standard InChI is InChI=1S/C25H36N4O2/c1-17-7-4-5-13-29(17)14-6-12-26-23(30)21-15-19-11-10-18(21)16-25(19)27-22-9-3-2-8-20(22)24(31)28-25/h2-3,8-9,17-19,21,27H,4-7,10-16H2,1H3,(H,26,30)(H,28,31)/t17?,18?,19?,21?,25-/m1/s1. The van der Waals surface area contributed by atoms with E-state index in [1.165, 1.54) is 25.8 Å². The minimum atomic E-state index is -0.393. The Hall–Kier alpha value is -2.08. The van der Waals surface area contributed by atoms with E-state index in [1.54, 1.807) is 0 Å². The van der Waals surface area contributed by atoms with Crippen molar-refractivity contribution in [2.75, 3.05) is 25.0 Å². The lowest BCUT2D eigenvalue weighted by Crippen LogP contribution is -2.68. The number of hydrogen-bond donors (Lipinski definition) is 3. The monoisotopic (exact) mass is 424 g/mol. The van der Waals surface area contributed by atoms with Crippen LogP contribution in [-0.4, -0.2) is 48.1 Å². The summed E-state index contributed by atoms with van der Waals surface area (Å²) in [6, 6.07) is 8.41. The minimum absolute atomic E-state index is 0.00911. The number of fused-ring (bicyclic) bond motifs is 3. The van der Waals surface area contributed by atoms with Gasteiger partial charge in [0.1, 0.15) is 5.66 Å². The van der Waals surface area contributed by atoms with Crippen LogP contribution >= 0.6 is 0 Å². The van der Waals surface area contributed by atoms with Gasteiger partial charge in [-0.1, -0.05) is 18.6 Å². The van der Waals surface area contributed by atoms with Crippen molar-refractivity contribution >= 4 is 17.5 Å². The molecule has 1 aromatic carbocycles. The molecule has 1 saturated heterocycles. The number of piperidine rings is 1. The van der Waals surface area contributed by atoms with E-state index in [0.29, 0.717) is 23.4 Å². The van der Waals surface area contributed by atoms with E-state index in [0.717, 1.165) is 50.9 Å². The Labute approximate surface area is 185 Å². The molecule has 5 aliphatic rings. The van der Waals surface area contributed by atoms with Crippen molar-refractivity contribution < 1.29 is 9.59 Å². The van der Waals surface area contributed by atoms with Crippen LogP contribution in [0.4, 0.5) is 5.69 Å². The number of nitrogens with zero attached hydrogens (tertiary/aromatic N) is 1. The number of para-hydroxylation sites is 1. The van der Waals surface area contributed by atoms with Gasteiger partial charge in [-0.2, -0.15) is 0 Å². The molecular formula is C25H36N4O2. The molecule has 1 aromatic rings. The third kappa shape index (κ3) is 3.95. The maximum atomic E-state index is 13.0. The van der Waals surface area contributed by atoms with Gasteiger partial charge in [0.25, 0.3) is 5.91 Å². The zero-order valence-electron chi connectivity index (χ0n) is 18.7. The zero-order chi connectivity index (χ0) is 21.4. The number of benzene rings is 1. The van der Waals surface area contributed by atoms with Gasteiger partial charge in [-0.3, -0.25) is 9.59 Å². The second-order valence-corrected chi connectivity index (χ2v) is 10.2. The minimum Gasteiger partial charge on any atom is -0.362 e. The first-order valence-corrected chi connectivity index (χ1v) is 12.3. The van der Waals surface area contributed by atoms with E-state index in [1.807, 2.05) is 24.3 Å². The van der Waals surface area contributed by atoms with Crippen molar-refractivity contribution in [2.24, 2.45) is 17.8 Å². The van der Waals surface area contributed by atoms with E-state index in [2.05, 4.69) is 27.8 Å². The largest absolute Gasteiger partial charge is 0.362 e. The van der Waals surface area contributed by atoms with Crippen LogP contribution in [0.1, 0.15) is 68.6 Å². The fourth-order valence-electron chi connectivity index (χ4n) is 6.58. The van der Waals surface area contributed by atoms with Gasteiger partial charge in [0.2, 0.25) is 5.91 Å². The summed E-state index contributed by atoms with van der Waals surface area (Å²) in [6.07, 6.45) is 8.81. The Morgan fingerprint density at radius 2 is 2.06 bits per heavy atom. The predicted octanol–water partition coefficient (Wildman–Crippen LogP) is 3.36. The van der Waals surface area contributed by atoms with Crippen molar-refractivity contribution in [3.63, 3.8) is 0 Å². The van der Waals surface area contributed by atoms with Gasteiger partial charge in [-0.25, -0.2) is 0 Å². The molecule has 4 unspecified atom stereocenters. The summed E-state index contributed by atoms with van der Waals surface area (Å²) in [5.74, 6) is 0.924. The maximum Gasteiger partial charge on any atom is 0.255 e. The van der Waals surface area contributed by atoms with Crippen LogP contribution in [0.15, 0.2) is 24.3 Å². The molecule has 2 heterocycles. The Kier molecular flexibility index (Phi) is 5.67. The Morgan fingerprint density at radius 1 is 1.19 bits per heavy atom. The van der Waals surface area contributed by atoms with Crippen LogP contribution in [0.25, 0.3) is 0 Å². The molecule has 2 bridgehead atoms. The lowest BCUT2D eigenvalue weighted by atomic mass is 9.58. The maximum absolute atomic E-state index is 13.0. The summed E-state index contributed by atoms with van der Waals surface area (Å²) in [7, 11) is 0. The summed E-state index contributed by atoms with van der Waals surface area (Å²) in [5, 5.41) is 10.2. The Balaban J connectivity index is 1.16. The molecule has 6 nitrogen and oxygen atoms in total. The molecule has 6 heteroatoms. The molecule has 168 valence electrons. The lowest BCUT2D eigenvalue weighted by Gasteiger charge is -2.56. The van der Waals surface area contributed by atoms with Crippen molar-refractivity contribution in [3.05, 3.63) is 29.8 Å². The first-order valence-electron chi connectivity index (χ1n) is 12.3. The van der Waals surface area contributed by atoms with Gasteiger partial charge in [0.15, 0.2) is 0 Å². The Morgan fingerprint density at radius 3 is 2.87 bits per heavy atom. The van der Waals surface area contributed by atoms with Crippen LogP contribution in [0.5, 0.6) is 0 Å². The van der Waals surface area contributed by atoms with Crippen LogP contribution < -0.4 is 16.0 Å². The third-order valence-electron chi connectivity index (χ3n) is 8.34. The molecule has 5 atom stereocenters. The van der Waals surface area contributed by atoms with Gasteiger partial charge in [-0.15, -0.1) is 0 Å². The van der Waals surface area contributed by atoms with Crippen LogP contribution in [0.2, 0.25) is 0 Å².